The fraction of sp³-hybridized carbons (Fsp3) is 0.167. The maximum absolute atomic E-state index is 11.9. The lowest BCUT2D eigenvalue weighted by atomic mass is 10.2. The molecule has 0 fully saturated rings. The third kappa shape index (κ3) is 4.12. The van der Waals surface area contributed by atoms with Crippen molar-refractivity contribution in [1.82, 2.24) is 10.3 Å². The summed E-state index contributed by atoms with van der Waals surface area (Å²) in [7, 11) is 0. The number of amides is 1. The number of guanidine groups is 1. The van der Waals surface area contributed by atoms with E-state index >= 15 is 0 Å². The third-order valence-corrected chi connectivity index (χ3v) is 2.49. The summed E-state index contributed by atoms with van der Waals surface area (Å²) < 4.78 is 0. The molecule has 6 nitrogen and oxygen atoms in total. The second-order valence-corrected chi connectivity index (χ2v) is 3.77. The van der Waals surface area contributed by atoms with E-state index in [9.17, 15) is 4.79 Å². The average molecular weight is 318 g/mol. The van der Waals surface area contributed by atoms with E-state index in [0.717, 1.165) is 10.9 Å². The van der Waals surface area contributed by atoms with Gasteiger partial charge in [-0.2, -0.15) is 4.99 Å². The van der Waals surface area contributed by atoms with E-state index in [-0.39, 0.29) is 36.7 Å². The van der Waals surface area contributed by atoms with Gasteiger partial charge in [0.1, 0.15) is 0 Å². The van der Waals surface area contributed by atoms with E-state index in [4.69, 9.17) is 11.5 Å². The zero-order chi connectivity index (χ0) is 13.0. The van der Waals surface area contributed by atoms with Crippen LogP contribution in [0.1, 0.15) is 10.4 Å². The number of carbonyl (C=O) groups is 1. The second-order valence-electron chi connectivity index (χ2n) is 3.77. The number of halogens is 2. The third-order valence-electron chi connectivity index (χ3n) is 2.49. The Morgan fingerprint density at radius 2 is 2.00 bits per heavy atom. The number of nitrogens with zero attached hydrogens (tertiary/aromatic N) is 1. The topological polar surface area (TPSA) is 109 Å². The molecule has 0 aliphatic carbocycles. The van der Waals surface area contributed by atoms with Gasteiger partial charge in [-0.15, -0.1) is 24.8 Å². The molecule has 0 unspecified atom stereocenters. The predicted octanol–water partition coefficient (Wildman–Crippen LogP) is 1.01. The molecule has 0 saturated heterocycles. The fourth-order valence-electron chi connectivity index (χ4n) is 1.66. The summed E-state index contributed by atoms with van der Waals surface area (Å²) in [5.41, 5.74) is 12.3. The number of aromatic amines is 1. The first-order valence-electron chi connectivity index (χ1n) is 5.61. The lowest BCUT2D eigenvalue weighted by Gasteiger charge is -2.01. The van der Waals surface area contributed by atoms with Gasteiger partial charge in [0, 0.05) is 30.2 Å². The van der Waals surface area contributed by atoms with Gasteiger partial charge in [-0.3, -0.25) is 4.79 Å². The van der Waals surface area contributed by atoms with Crippen LogP contribution < -0.4 is 16.8 Å². The molecule has 0 radical (unpaired) electrons. The largest absolute Gasteiger partial charge is 0.370 e. The van der Waals surface area contributed by atoms with Crippen molar-refractivity contribution in [3.63, 3.8) is 0 Å². The first-order valence-corrected chi connectivity index (χ1v) is 5.61. The highest BCUT2D eigenvalue weighted by Crippen LogP contribution is 2.18. The summed E-state index contributed by atoms with van der Waals surface area (Å²) in [6.45, 7) is 0.911. The number of aliphatic imine (C=N–C) groups is 1. The average Bonchev–Trinajstić information content (AvgIpc) is 2.80. The van der Waals surface area contributed by atoms with E-state index in [1.54, 1.807) is 6.20 Å². The van der Waals surface area contributed by atoms with Crippen molar-refractivity contribution >= 4 is 47.6 Å². The van der Waals surface area contributed by atoms with Gasteiger partial charge in [0.2, 0.25) is 0 Å². The first kappa shape index (κ1) is 18.2. The van der Waals surface area contributed by atoms with Gasteiger partial charge >= 0.3 is 0 Å². The van der Waals surface area contributed by atoms with Crippen LogP contribution >= 0.6 is 24.8 Å². The molecule has 110 valence electrons. The number of hydrogen-bond donors (Lipinski definition) is 4. The Morgan fingerprint density at radius 1 is 1.30 bits per heavy atom. The normalized spacial score (nSPS) is 10.6. The van der Waals surface area contributed by atoms with Crippen LogP contribution in [-0.4, -0.2) is 29.9 Å². The summed E-state index contributed by atoms with van der Waals surface area (Å²) in [4.78, 5) is 18.7. The Hall–Kier alpha value is -1.76. The van der Waals surface area contributed by atoms with Crippen LogP contribution in [0.4, 0.5) is 0 Å². The summed E-state index contributed by atoms with van der Waals surface area (Å²) in [5.74, 6) is -0.301. The summed E-state index contributed by atoms with van der Waals surface area (Å²) >= 11 is 0. The van der Waals surface area contributed by atoms with Gasteiger partial charge in [-0.25, -0.2) is 0 Å². The highest BCUT2D eigenvalue weighted by atomic mass is 35.5. The second kappa shape index (κ2) is 8.42. The highest BCUT2D eigenvalue weighted by Gasteiger charge is 2.10. The number of fused-ring (bicyclic) bond motifs is 1. The molecule has 1 aromatic carbocycles. The molecule has 0 spiro atoms. The van der Waals surface area contributed by atoms with Gasteiger partial charge in [-0.1, -0.05) is 18.2 Å². The molecular weight excluding hydrogens is 301 g/mol. The number of nitrogens with two attached hydrogens (primary N) is 2. The highest BCUT2D eigenvalue weighted by molar-refractivity contribution is 6.10. The number of para-hydroxylation sites is 1. The molecule has 1 aromatic heterocycles. The maximum atomic E-state index is 11.9. The van der Waals surface area contributed by atoms with Crippen LogP contribution in [0.5, 0.6) is 0 Å². The lowest BCUT2D eigenvalue weighted by molar-refractivity contribution is 0.100. The number of H-pyrrole nitrogens is 1. The van der Waals surface area contributed by atoms with Crippen molar-refractivity contribution in [3.05, 3.63) is 36.0 Å². The van der Waals surface area contributed by atoms with Gasteiger partial charge < -0.3 is 21.8 Å². The van der Waals surface area contributed by atoms with Crippen molar-refractivity contribution in [2.75, 3.05) is 13.1 Å². The molecule has 1 heterocycles. The van der Waals surface area contributed by atoms with E-state index < -0.39 is 0 Å². The zero-order valence-corrected chi connectivity index (χ0v) is 12.3. The molecule has 8 heteroatoms. The minimum absolute atomic E-state index is 0. The van der Waals surface area contributed by atoms with E-state index in [0.29, 0.717) is 18.7 Å². The van der Waals surface area contributed by atoms with Crippen LogP contribution in [-0.2, 0) is 0 Å². The molecule has 0 atom stereocenters. The first-order chi connectivity index (χ1) is 8.72. The van der Waals surface area contributed by atoms with Crippen LogP contribution in [0.25, 0.3) is 10.9 Å². The number of nitrogens with one attached hydrogen (secondary N) is 2. The van der Waals surface area contributed by atoms with Gasteiger partial charge in [0.25, 0.3) is 5.91 Å². The van der Waals surface area contributed by atoms with E-state index in [1.807, 2.05) is 24.3 Å². The fourth-order valence-corrected chi connectivity index (χ4v) is 1.66. The summed E-state index contributed by atoms with van der Waals surface area (Å²) in [6, 6.07) is 7.52. The molecule has 0 aliphatic heterocycles. The van der Waals surface area contributed by atoms with Crippen molar-refractivity contribution < 1.29 is 4.79 Å². The molecule has 6 N–H and O–H groups in total. The smallest absolute Gasteiger partial charge is 0.282 e. The molecule has 0 bridgehead atoms. The Kier molecular flexibility index (Phi) is 7.68. The molecule has 1 amide bonds. The molecule has 0 saturated carbocycles. The Bertz CT molecular complexity index is 596. The zero-order valence-electron chi connectivity index (χ0n) is 10.6. The van der Waals surface area contributed by atoms with Crippen molar-refractivity contribution in [3.8, 4) is 0 Å². The van der Waals surface area contributed by atoms with Gasteiger partial charge in [0.15, 0.2) is 5.96 Å². The van der Waals surface area contributed by atoms with Crippen molar-refractivity contribution in [1.29, 1.82) is 0 Å². The SMILES string of the molecule is Cl.Cl.NCCNC(N)=NC(=O)c1c[nH]c2ccccc12. The molecule has 0 aliphatic rings. The Balaban J connectivity index is 0.00000180. The molecule has 20 heavy (non-hydrogen) atoms. The van der Waals surface area contributed by atoms with E-state index in [1.165, 1.54) is 0 Å². The quantitative estimate of drug-likeness (QED) is 0.500. The number of hydrogen-bond acceptors (Lipinski definition) is 2. The number of rotatable bonds is 3. The summed E-state index contributed by atoms with van der Waals surface area (Å²) in [6.07, 6.45) is 1.63. The van der Waals surface area contributed by atoms with Gasteiger partial charge in [-0.05, 0) is 6.07 Å². The van der Waals surface area contributed by atoms with Crippen LogP contribution in [0.3, 0.4) is 0 Å². The Morgan fingerprint density at radius 3 is 2.70 bits per heavy atom. The monoisotopic (exact) mass is 317 g/mol. The number of carbonyl (C=O) groups excluding carboxylic acids is 1. The standard InChI is InChI=1S/C12H15N5O.2ClH/c13-5-6-15-12(14)17-11(18)9-7-16-10-4-2-1-3-8(9)10;;/h1-4,7,16H,5-6,13H2,(H3,14,15,17,18);2*1H. The van der Waals surface area contributed by atoms with Crippen molar-refractivity contribution in [2.45, 2.75) is 0 Å². The van der Waals surface area contributed by atoms with E-state index in [2.05, 4.69) is 15.3 Å². The minimum atomic E-state index is -0.380. The van der Waals surface area contributed by atoms with Crippen LogP contribution in [0.15, 0.2) is 35.5 Å². The molecular formula is C12H17Cl2N5O. The maximum Gasteiger partial charge on any atom is 0.282 e. The summed E-state index contributed by atoms with van der Waals surface area (Å²) in [5, 5.41) is 3.58. The van der Waals surface area contributed by atoms with Crippen molar-refractivity contribution in [2.24, 2.45) is 16.5 Å². The van der Waals surface area contributed by atoms with Crippen LogP contribution in [0.2, 0.25) is 0 Å². The van der Waals surface area contributed by atoms with Crippen LogP contribution in [0, 0.1) is 0 Å². The van der Waals surface area contributed by atoms with Gasteiger partial charge in [0.05, 0.1) is 5.56 Å². The Labute approximate surface area is 128 Å². The predicted molar refractivity (Wildman–Crippen MR) is 85.8 cm³/mol. The lowest BCUT2D eigenvalue weighted by Crippen LogP contribution is -2.35. The minimum Gasteiger partial charge on any atom is -0.370 e. The molecule has 2 rings (SSSR count). The molecule has 2 aromatic rings. The number of benzene rings is 1. The number of aromatic nitrogens is 1.